The number of nitrogen functional groups attached to an aromatic ring is 1. The molecule has 1 atom stereocenters. The number of aromatic carboxylic acids is 1. The van der Waals surface area contributed by atoms with Crippen molar-refractivity contribution < 1.29 is 19.5 Å². The fraction of sp³-hybridized carbons (Fsp3) is 0.282. The van der Waals surface area contributed by atoms with Crippen molar-refractivity contribution in [2.24, 2.45) is 5.92 Å². The highest BCUT2D eigenvalue weighted by Gasteiger charge is 2.21. The first-order chi connectivity index (χ1) is 23.0. The van der Waals surface area contributed by atoms with E-state index in [4.69, 9.17) is 10.7 Å². The molecule has 0 bridgehead atoms. The van der Waals surface area contributed by atoms with E-state index in [1.807, 2.05) is 55.5 Å². The molecule has 8 nitrogen and oxygen atoms in total. The lowest BCUT2D eigenvalue weighted by Crippen LogP contribution is -2.38. The molecule has 0 spiro atoms. The van der Waals surface area contributed by atoms with Gasteiger partial charge < -0.3 is 20.7 Å². The number of carboxylic acids is 1. The van der Waals surface area contributed by atoms with Crippen LogP contribution in [0.3, 0.4) is 0 Å². The van der Waals surface area contributed by atoms with Gasteiger partial charge in [-0.15, -0.1) is 0 Å². The van der Waals surface area contributed by atoms with Crippen LogP contribution in [0.5, 0.6) is 0 Å². The summed E-state index contributed by atoms with van der Waals surface area (Å²) in [6.07, 6.45) is 2.43. The highest BCUT2D eigenvalue weighted by atomic mass is 32.2. The highest BCUT2D eigenvalue weighted by Crippen LogP contribution is 2.28. The third kappa shape index (κ3) is 7.97. The van der Waals surface area contributed by atoms with Gasteiger partial charge in [-0.1, -0.05) is 87.1 Å². The summed E-state index contributed by atoms with van der Waals surface area (Å²) >= 11 is 1.17. The van der Waals surface area contributed by atoms with E-state index in [1.165, 1.54) is 11.8 Å². The van der Waals surface area contributed by atoms with Gasteiger partial charge >= 0.3 is 5.97 Å². The van der Waals surface area contributed by atoms with Crippen molar-refractivity contribution >= 4 is 45.5 Å². The fourth-order valence-electron chi connectivity index (χ4n) is 6.00. The van der Waals surface area contributed by atoms with Gasteiger partial charge in [0.2, 0.25) is 5.12 Å². The number of carbonyl (C=O) groups is 3. The Hall–Kier alpha value is -4.89. The number of hydrogen-bond donors (Lipinski definition) is 3. The molecule has 1 aromatic heterocycles. The van der Waals surface area contributed by atoms with Crippen molar-refractivity contribution in [2.75, 3.05) is 11.5 Å². The minimum absolute atomic E-state index is 0.111. The van der Waals surface area contributed by atoms with Gasteiger partial charge in [0.15, 0.2) is 0 Å². The fourth-order valence-corrected chi connectivity index (χ4v) is 6.91. The number of carbonyl (C=O) groups excluding carboxylic acids is 2. The molecule has 0 fully saturated rings. The van der Waals surface area contributed by atoms with Crippen molar-refractivity contribution in [2.45, 2.75) is 59.5 Å². The third-order valence-corrected chi connectivity index (χ3v) is 9.36. The molecule has 0 aliphatic carbocycles. The zero-order valence-electron chi connectivity index (χ0n) is 27.8. The van der Waals surface area contributed by atoms with Gasteiger partial charge in [-0.25, -0.2) is 9.78 Å². The number of hydrogen-bond acceptors (Lipinski definition) is 6. The Kier molecular flexibility index (Phi) is 11.0. The molecule has 5 rings (SSSR count). The number of fused-ring (bicyclic) bond motifs is 1. The molecule has 4 N–H and O–H groups in total. The van der Waals surface area contributed by atoms with Crippen LogP contribution in [0.15, 0.2) is 84.9 Å². The minimum Gasteiger partial charge on any atom is -0.478 e. The summed E-state index contributed by atoms with van der Waals surface area (Å²) in [5, 5.41) is 12.7. The first-order valence-corrected chi connectivity index (χ1v) is 17.3. The number of amides is 1. The number of benzene rings is 4. The van der Waals surface area contributed by atoms with Crippen LogP contribution in [0, 0.1) is 12.8 Å². The first kappa shape index (κ1) is 34.4. The lowest BCUT2D eigenvalue weighted by Gasteiger charge is -2.20. The number of imidazole rings is 1. The number of aryl methyl sites for hydroxylation is 2. The van der Waals surface area contributed by atoms with E-state index in [0.29, 0.717) is 40.6 Å². The van der Waals surface area contributed by atoms with Gasteiger partial charge in [0.1, 0.15) is 5.82 Å². The highest BCUT2D eigenvalue weighted by molar-refractivity contribution is 8.14. The van der Waals surface area contributed by atoms with Crippen LogP contribution < -0.4 is 11.1 Å². The largest absolute Gasteiger partial charge is 0.478 e. The molecule has 1 heterocycles. The second kappa shape index (κ2) is 15.3. The smallest absolute Gasteiger partial charge is 0.336 e. The first-order valence-electron chi connectivity index (χ1n) is 16.3. The van der Waals surface area contributed by atoms with Crippen LogP contribution >= 0.6 is 11.8 Å². The predicted octanol–water partition coefficient (Wildman–Crippen LogP) is 8.01. The normalized spacial score (nSPS) is 11.9. The van der Waals surface area contributed by atoms with Crippen molar-refractivity contribution in [3.05, 3.63) is 119 Å². The number of nitrogens with zero attached hydrogens (tertiary/aromatic N) is 2. The molecule has 0 radical (unpaired) electrons. The third-order valence-electron chi connectivity index (χ3n) is 8.31. The second-order valence-corrected chi connectivity index (χ2v) is 13.6. The SMILES string of the molecule is CCCc1nc2c(C)cc(C(=O)N[C@@H](CSC(=O)c3ccccc3N)CC(C)C)cc2n1Cc1ccc(-c2ccccc2C(=O)O)cc1. The molecular weight excluding hydrogens is 621 g/mol. The average Bonchev–Trinajstić information content (AvgIpc) is 3.41. The zero-order chi connectivity index (χ0) is 34.4. The summed E-state index contributed by atoms with van der Waals surface area (Å²) in [4.78, 5) is 43.4. The quantitative estimate of drug-likeness (QED) is 0.109. The predicted molar refractivity (Wildman–Crippen MR) is 195 cm³/mol. The van der Waals surface area contributed by atoms with E-state index in [9.17, 15) is 19.5 Å². The number of nitrogens with one attached hydrogen (secondary N) is 1. The zero-order valence-corrected chi connectivity index (χ0v) is 28.6. The summed E-state index contributed by atoms with van der Waals surface area (Å²) in [6.45, 7) is 8.85. The Morgan fingerprint density at radius 1 is 0.958 bits per heavy atom. The van der Waals surface area contributed by atoms with E-state index in [1.54, 1.807) is 36.4 Å². The number of thioether (sulfide) groups is 1. The standard InChI is InChI=1S/C39H42N4O4S/c1-5-10-35-42-36-25(4)20-28(37(44)41-29(19-24(2)3)23-48-39(47)32-13-8-9-14-33(32)40)21-34(36)43(35)22-26-15-17-27(18-16-26)30-11-6-7-12-31(30)38(45)46/h6-9,11-18,20-21,24,29H,5,10,19,22-23,40H2,1-4H3,(H,41,44)(H,45,46)/t29-/m1/s1. The van der Waals surface area contributed by atoms with Crippen LogP contribution in [0.2, 0.25) is 0 Å². The summed E-state index contributed by atoms with van der Waals surface area (Å²) in [7, 11) is 0. The Morgan fingerprint density at radius 2 is 1.65 bits per heavy atom. The number of carboxylic acid groups (broad SMARTS) is 1. The van der Waals surface area contributed by atoms with Gasteiger partial charge in [0.05, 0.1) is 22.2 Å². The van der Waals surface area contributed by atoms with Gasteiger partial charge in [-0.3, -0.25) is 9.59 Å². The van der Waals surface area contributed by atoms with E-state index < -0.39 is 5.97 Å². The summed E-state index contributed by atoms with van der Waals surface area (Å²) in [6, 6.07) is 25.5. The number of anilines is 1. The van der Waals surface area contributed by atoms with Crippen molar-refractivity contribution in [1.82, 2.24) is 14.9 Å². The summed E-state index contributed by atoms with van der Waals surface area (Å²) in [5.74, 6) is 0.549. The Bertz CT molecular complexity index is 1950. The van der Waals surface area contributed by atoms with Crippen molar-refractivity contribution in [1.29, 1.82) is 0 Å². The molecule has 0 saturated heterocycles. The van der Waals surface area contributed by atoms with E-state index >= 15 is 0 Å². The topological polar surface area (TPSA) is 127 Å². The molecule has 5 aromatic rings. The number of nitrogens with two attached hydrogens (primary N) is 1. The molecule has 9 heteroatoms. The second-order valence-electron chi connectivity index (χ2n) is 12.6. The number of rotatable bonds is 13. The van der Waals surface area contributed by atoms with Crippen molar-refractivity contribution in [3.8, 4) is 11.1 Å². The Labute approximate surface area is 285 Å². The average molecular weight is 663 g/mol. The molecule has 0 aliphatic rings. The van der Waals surface area contributed by atoms with E-state index in [-0.39, 0.29) is 22.6 Å². The monoisotopic (exact) mass is 662 g/mol. The van der Waals surface area contributed by atoms with Crippen LogP contribution in [-0.2, 0) is 13.0 Å². The van der Waals surface area contributed by atoms with Crippen molar-refractivity contribution in [3.63, 3.8) is 0 Å². The molecule has 0 unspecified atom stereocenters. The van der Waals surface area contributed by atoms with Crippen LogP contribution in [-0.4, -0.2) is 43.4 Å². The number of aromatic nitrogens is 2. The van der Waals surface area contributed by atoms with Gasteiger partial charge in [0, 0.05) is 36.0 Å². The molecule has 0 saturated carbocycles. The maximum atomic E-state index is 13.8. The molecule has 48 heavy (non-hydrogen) atoms. The summed E-state index contributed by atoms with van der Waals surface area (Å²) < 4.78 is 2.17. The van der Waals surface area contributed by atoms with Gasteiger partial charge in [-0.2, -0.15) is 0 Å². The lowest BCUT2D eigenvalue weighted by atomic mass is 9.98. The molecular formula is C39H42N4O4S. The van der Waals surface area contributed by atoms with Gasteiger partial charge in [-0.05, 0) is 78.3 Å². The van der Waals surface area contributed by atoms with E-state index in [2.05, 4.69) is 30.7 Å². The summed E-state index contributed by atoms with van der Waals surface area (Å²) in [5.41, 5.74) is 13.0. The van der Waals surface area contributed by atoms with Crippen LogP contribution in [0.4, 0.5) is 5.69 Å². The lowest BCUT2D eigenvalue weighted by molar-refractivity contribution is 0.0697. The van der Waals surface area contributed by atoms with Crippen LogP contribution in [0.25, 0.3) is 22.2 Å². The molecule has 1 amide bonds. The van der Waals surface area contributed by atoms with Crippen LogP contribution in [0.1, 0.15) is 81.6 Å². The maximum Gasteiger partial charge on any atom is 0.336 e. The molecule has 4 aromatic carbocycles. The Morgan fingerprint density at radius 3 is 2.31 bits per heavy atom. The minimum atomic E-state index is -0.959. The van der Waals surface area contributed by atoms with E-state index in [0.717, 1.165) is 52.8 Å². The maximum absolute atomic E-state index is 13.8. The van der Waals surface area contributed by atoms with Gasteiger partial charge in [0.25, 0.3) is 5.91 Å². The molecule has 248 valence electrons. The number of para-hydroxylation sites is 1. The Balaban J connectivity index is 1.40. The molecule has 0 aliphatic heterocycles.